The number of carbonyl (C=O) groups is 2. The highest BCUT2D eigenvalue weighted by Crippen LogP contribution is 2.16. The Morgan fingerprint density at radius 1 is 1.48 bits per heavy atom. The minimum absolute atomic E-state index is 0.168. The Balaban J connectivity index is 1.83. The highest BCUT2D eigenvalue weighted by molar-refractivity contribution is 7.13. The largest absolute Gasteiger partial charge is 0.451 e. The third-order valence-electron chi connectivity index (χ3n) is 3.17. The normalized spacial score (nSPS) is 10.2. The van der Waals surface area contributed by atoms with Crippen molar-refractivity contribution in [3.05, 3.63) is 58.6 Å². The van der Waals surface area contributed by atoms with Crippen LogP contribution in [0.2, 0.25) is 5.02 Å². The molecule has 0 saturated carbocycles. The summed E-state index contributed by atoms with van der Waals surface area (Å²) in [5.74, 6) is -0.944. The van der Waals surface area contributed by atoms with Crippen molar-refractivity contribution in [3.8, 4) is 0 Å². The van der Waals surface area contributed by atoms with Crippen molar-refractivity contribution in [1.29, 1.82) is 0 Å². The van der Waals surface area contributed by atoms with Crippen LogP contribution in [-0.4, -0.2) is 42.0 Å². The van der Waals surface area contributed by atoms with Gasteiger partial charge in [-0.05, 0) is 17.7 Å². The van der Waals surface area contributed by atoms with Crippen LogP contribution in [0.25, 0.3) is 0 Å². The van der Waals surface area contributed by atoms with E-state index in [9.17, 15) is 9.59 Å². The van der Waals surface area contributed by atoms with Gasteiger partial charge in [0, 0.05) is 30.5 Å². The summed E-state index contributed by atoms with van der Waals surface area (Å²) in [5, 5.41) is 5.76. The summed E-state index contributed by atoms with van der Waals surface area (Å²) in [6, 6.07) is 7.23. The number of ether oxygens (including phenoxy) is 1. The highest BCUT2D eigenvalue weighted by Gasteiger charge is 2.16. The summed E-state index contributed by atoms with van der Waals surface area (Å²) in [6.45, 7) is 4.18. The first-order valence-corrected chi connectivity index (χ1v) is 8.71. The zero-order valence-corrected chi connectivity index (χ0v) is 15.3. The van der Waals surface area contributed by atoms with E-state index in [0.29, 0.717) is 23.2 Å². The van der Waals surface area contributed by atoms with E-state index < -0.39 is 5.97 Å². The van der Waals surface area contributed by atoms with Crippen molar-refractivity contribution in [1.82, 2.24) is 9.88 Å². The first kappa shape index (κ1) is 19.0. The van der Waals surface area contributed by atoms with Gasteiger partial charge >= 0.3 is 5.97 Å². The Bertz CT molecular complexity index is 763. The topological polar surface area (TPSA) is 71.5 Å². The molecule has 0 fully saturated rings. The number of halogens is 1. The molecule has 132 valence electrons. The van der Waals surface area contributed by atoms with E-state index in [4.69, 9.17) is 16.3 Å². The smallest absolute Gasteiger partial charge is 0.358 e. The Morgan fingerprint density at radius 3 is 3.00 bits per heavy atom. The first-order chi connectivity index (χ1) is 12.0. The molecule has 8 heteroatoms. The van der Waals surface area contributed by atoms with Gasteiger partial charge in [-0.3, -0.25) is 4.79 Å². The maximum absolute atomic E-state index is 12.1. The number of thiazole rings is 1. The summed E-state index contributed by atoms with van der Waals surface area (Å²) in [4.78, 5) is 29.6. The fourth-order valence-corrected chi connectivity index (χ4v) is 2.82. The SMILES string of the molecule is C=CCNc1nc(C(=O)OCC(=O)N(C)Cc2cccc(Cl)c2)cs1. The summed E-state index contributed by atoms with van der Waals surface area (Å²) in [5.41, 5.74) is 1.06. The number of anilines is 1. The number of nitrogens with zero attached hydrogens (tertiary/aromatic N) is 2. The predicted molar refractivity (Wildman–Crippen MR) is 99.0 cm³/mol. The van der Waals surface area contributed by atoms with Crippen molar-refractivity contribution in [2.45, 2.75) is 6.54 Å². The number of rotatable bonds is 8. The molecule has 0 aliphatic heterocycles. The van der Waals surface area contributed by atoms with Crippen molar-refractivity contribution in [2.75, 3.05) is 25.5 Å². The van der Waals surface area contributed by atoms with Gasteiger partial charge in [0.1, 0.15) is 0 Å². The molecule has 0 unspecified atom stereocenters. The second-order valence-electron chi connectivity index (χ2n) is 5.16. The number of nitrogens with one attached hydrogen (secondary N) is 1. The Morgan fingerprint density at radius 2 is 2.28 bits per heavy atom. The van der Waals surface area contributed by atoms with E-state index in [-0.39, 0.29) is 18.2 Å². The zero-order chi connectivity index (χ0) is 18.2. The van der Waals surface area contributed by atoms with Crippen LogP contribution in [0, 0.1) is 0 Å². The third kappa shape index (κ3) is 5.88. The predicted octanol–water partition coefficient (Wildman–Crippen LogP) is 3.21. The number of carbonyl (C=O) groups excluding carboxylic acids is 2. The maximum atomic E-state index is 12.1. The number of hydrogen-bond donors (Lipinski definition) is 1. The van der Waals surface area contributed by atoms with Crippen molar-refractivity contribution < 1.29 is 14.3 Å². The van der Waals surface area contributed by atoms with Crippen molar-refractivity contribution >= 4 is 39.9 Å². The van der Waals surface area contributed by atoms with E-state index in [0.717, 1.165) is 5.56 Å². The molecule has 2 aromatic rings. The molecule has 0 radical (unpaired) electrons. The van der Waals surface area contributed by atoms with Gasteiger partial charge in [0.2, 0.25) is 0 Å². The van der Waals surface area contributed by atoms with Crippen LogP contribution in [-0.2, 0) is 16.1 Å². The molecule has 6 nitrogen and oxygen atoms in total. The number of esters is 1. The first-order valence-electron chi connectivity index (χ1n) is 7.45. The summed E-state index contributed by atoms with van der Waals surface area (Å²) >= 11 is 7.21. The molecule has 0 atom stereocenters. The van der Waals surface area contributed by atoms with E-state index in [2.05, 4.69) is 16.9 Å². The monoisotopic (exact) mass is 379 g/mol. The van der Waals surface area contributed by atoms with E-state index in [1.807, 2.05) is 12.1 Å². The van der Waals surface area contributed by atoms with Gasteiger partial charge in [0.15, 0.2) is 17.4 Å². The van der Waals surface area contributed by atoms with Crippen LogP contribution in [0.15, 0.2) is 42.3 Å². The van der Waals surface area contributed by atoms with E-state index in [1.165, 1.54) is 16.2 Å². The molecule has 1 N–H and O–H groups in total. The van der Waals surface area contributed by atoms with Crippen LogP contribution in [0.4, 0.5) is 5.13 Å². The number of likely N-dealkylation sites (N-methyl/N-ethyl adjacent to an activating group) is 1. The highest BCUT2D eigenvalue weighted by atomic mass is 35.5. The third-order valence-corrected chi connectivity index (χ3v) is 4.21. The van der Waals surface area contributed by atoms with Crippen LogP contribution < -0.4 is 5.32 Å². The molecule has 2 rings (SSSR count). The van der Waals surface area contributed by atoms with Gasteiger partial charge in [-0.25, -0.2) is 9.78 Å². The lowest BCUT2D eigenvalue weighted by Crippen LogP contribution is -2.30. The molecule has 0 bridgehead atoms. The fourth-order valence-electron chi connectivity index (χ4n) is 1.92. The molecule has 1 heterocycles. The minimum Gasteiger partial charge on any atom is -0.451 e. The molecule has 0 saturated heterocycles. The average molecular weight is 380 g/mol. The van der Waals surface area contributed by atoms with E-state index >= 15 is 0 Å². The van der Waals surface area contributed by atoms with Gasteiger partial charge in [0.25, 0.3) is 5.91 Å². The van der Waals surface area contributed by atoms with Crippen LogP contribution in [0.3, 0.4) is 0 Å². The zero-order valence-electron chi connectivity index (χ0n) is 13.7. The molecule has 0 aliphatic rings. The average Bonchev–Trinajstić information content (AvgIpc) is 3.06. The van der Waals surface area contributed by atoms with Gasteiger partial charge in [-0.15, -0.1) is 17.9 Å². The molecule has 1 aromatic carbocycles. The van der Waals surface area contributed by atoms with Gasteiger partial charge in [-0.2, -0.15) is 0 Å². The summed E-state index contributed by atoms with van der Waals surface area (Å²) < 4.78 is 5.03. The van der Waals surface area contributed by atoms with Crippen molar-refractivity contribution in [2.24, 2.45) is 0 Å². The second kappa shape index (κ2) is 9.19. The quantitative estimate of drug-likeness (QED) is 0.563. The van der Waals surface area contributed by atoms with E-state index in [1.54, 1.807) is 30.6 Å². The van der Waals surface area contributed by atoms with Gasteiger partial charge < -0.3 is 15.0 Å². The van der Waals surface area contributed by atoms with Crippen LogP contribution in [0.5, 0.6) is 0 Å². The molecule has 1 aromatic heterocycles. The van der Waals surface area contributed by atoms with Crippen LogP contribution in [0.1, 0.15) is 16.1 Å². The fraction of sp³-hybridized carbons (Fsp3) is 0.235. The summed E-state index contributed by atoms with van der Waals surface area (Å²) in [7, 11) is 1.64. The van der Waals surface area contributed by atoms with Gasteiger partial charge in [0.05, 0.1) is 0 Å². The lowest BCUT2D eigenvalue weighted by molar-refractivity contribution is -0.133. The molecule has 0 spiro atoms. The standard InChI is InChI=1S/C17H18ClN3O3S/c1-3-7-19-17-20-14(11-25-17)16(23)24-10-15(22)21(2)9-12-5-4-6-13(18)8-12/h3-6,8,11H,1,7,9-10H2,2H3,(H,19,20). The Kier molecular flexibility index (Phi) is 6.97. The Hall–Kier alpha value is -2.38. The molecular formula is C17H18ClN3O3S. The van der Waals surface area contributed by atoms with Crippen LogP contribution >= 0.6 is 22.9 Å². The number of amides is 1. The minimum atomic E-state index is -0.632. The van der Waals surface area contributed by atoms with Crippen molar-refractivity contribution in [3.63, 3.8) is 0 Å². The second-order valence-corrected chi connectivity index (χ2v) is 6.46. The van der Waals surface area contributed by atoms with Gasteiger partial charge in [-0.1, -0.05) is 29.8 Å². The molecule has 1 amide bonds. The Labute approximate surface area is 155 Å². The number of aromatic nitrogens is 1. The lowest BCUT2D eigenvalue weighted by Gasteiger charge is -2.17. The molecule has 25 heavy (non-hydrogen) atoms. The molecular weight excluding hydrogens is 362 g/mol. The number of benzene rings is 1. The maximum Gasteiger partial charge on any atom is 0.358 e. The molecule has 0 aliphatic carbocycles. The lowest BCUT2D eigenvalue weighted by atomic mass is 10.2. The number of hydrogen-bond acceptors (Lipinski definition) is 6. The summed E-state index contributed by atoms with van der Waals surface area (Å²) in [6.07, 6.45) is 1.69.